The van der Waals surface area contributed by atoms with Gasteiger partial charge in [-0.05, 0) is 36.1 Å². The fourth-order valence-corrected chi connectivity index (χ4v) is 3.37. The fraction of sp³-hybridized carbons (Fsp3) is 0.294. The van der Waals surface area contributed by atoms with E-state index in [4.69, 9.17) is 4.74 Å². The van der Waals surface area contributed by atoms with Crippen LogP contribution in [0.4, 0.5) is 5.69 Å². The third-order valence-electron chi connectivity index (χ3n) is 3.84. The molecule has 0 spiro atoms. The summed E-state index contributed by atoms with van der Waals surface area (Å²) in [4.78, 5) is 27.2. The summed E-state index contributed by atoms with van der Waals surface area (Å²) in [6.07, 6.45) is -0.759. The summed E-state index contributed by atoms with van der Waals surface area (Å²) in [6.45, 7) is 2.58. The van der Waals surface area contributed by atoms with Crippen LogP contribution in [0.1, 0.15) is 16.9 Å². The van der Waals surface area contributed by atoms with Gasteiger partial charge in [-0.15, -0.1) is 11.3 Å². The molecule has 0 aliphatic carbocycles. The molecule has 1 aromatic carbocycles. The summed E-state index contributed by atoms with van der Waals surface area (Å²) in [6, 6.07) is 9.25. The monoisotopic (exact) mass is 330 g/mol. The summed E-state index contributed by atoms with van der Waals surface area (Å²) in [5, 5.41) is 4.79. The largest absolute Gasteiger partial charge is 0.478 e. The third-order valence-corrected chi connectivity index (χ3v) is 4.85. The van der Waals surface area contributed by atoms with E-state index in [1.165, 1.54) is 5.56 Å². The molecule has 1 aliphatic rings. The third kappa shape index (κ3) is 3.37. The summed E-state index contributed by atoms with van der Waals surface area (Å²) in [5.41, 5.74) is 1.82. The minimum Gasteiger partial charge on any atom is -0.478 e. The molecular weight excluding hydrogens is 312 g/mol. The molecule has 0 fully saturated rings. The number of benzene rings is 1. The Morgan fingerprint density at radius 2 is 2.13 bits per heavy atom. The van der Waals surface area contributed by atoms with Crippen molar-refractivity contribution in [3.63, 3.8) is 0 Å². The van der Waals surface area contributed by atoms with Crippen molar-refractivity contribution in [2.45, 2.75) is 26.0 Å². The van der Waals surface area contributed by atoms with Crippen molar-refractivity contribution in [1.82, 2.24) is 4.90 Å². The molecule has 5 nitrogen and oxygen atoms in total. The smallest absolute Gasteiger partial charge is 0.266 e. The Bertz CT molecular complexity index is 741. The maximum absolute atomic E-state index is 12.4. The van der Waals surface area contributed by atoms with E-state index in [1.807, 2.05) is 30.5 Å². The van der Waals surface area contributed by atoms with Crippen molar-refractivity contribution >= 4 is 28.8 Å². The average molecular weight is 330 g/mol. The first-order chi connectivity index (χ1) is 11.0. The van der Waals surface area contributed by atoms with Crippen molar-refractivity contribution in [2.75, 3.05) is 12.4 Å². The summed E-state index contributed by atoms with van der Waals surface area (Å²) in [7, 11) is 1.75. The number of hydrogen-bond acceptors (Lipinski definition) is 4. The molecule has 1 N–H and O–H groups in total. The fourth-order valence-electron chi connectivity index (χ4n) is 2.41. The Hall–Kier alpha value is -2.34. The van der Waals surface area contributed by atoms with Crippen molar-refractivity contribution in [3.8, 4) is 5.75 Å². The number of aryl methyl sites for hydroxylation is 1. The number of nitrogens with one attached hydrogen (secondary N) is 1. The van der Waals surface area contributed by atoms with Gasteiger partial charge in [0, 0.05) is 11.9 Å². The van der Waals surface area contributed by atoms with Gasteiger partial charge >= 0.3 is 0 Å². The van der Waals surface area contributed by atoms with Crippen LogP contribution in [0.2, 0.25) is 0 Å². The standard InChI is InChI=1S/C17H18N2O3S/c1-11-7-8-23-15(11)10-19(2)16(20)9-14-17(21)18-12-5-3-4-6-13(12)22-14/h3-8,14H,9-10H2,1-2H3,(H,18,21)/t14-/m0/s1. The second-order valence-corrected chi connectivity index (χ2v) is 6.57. The quantitative estimate of drug-likeness (QED) is 0.938. The summed E-state index contributed by atoms with van der Waals surface area (Å²) >= 11 is 1.63. The van der Waals surface area contributed by atoms with Crippen LogP contribution >= 0.6 is 11.3 Å². The summed E-state index contributed by atoms with van der Waals surface area (Å²) < 4.78 is 5.67. The van der Waals surface area contributed by atoms with Crippen molar-refractivity contribution in [3.05, 3.63) is 46.2 Å². The van der Waals surface area contributed by atoms with Gasteiger partial charge in [-0.3, -0.25) is 9.59 Å². The topological polar surface area (TPSA) is 58.6 Å². The van der Waals surface area contributed by atoms with E-state index in [9.17, 15) is 9.59 Å². The molecule has 23 heavy (non-hydrogen) atoms. The molecule has 6 heteroatoms. The number of fused-ring (bicyclic) bond motifs is 1. The first-order valence-electron chi connectivity index (χ1n) is 7.38. The van der Waals surface area contributed by atoms with Crippen molar-refractivity contribution < 1.29 is 14.3 Å². The van der Waals surface area contributed by atoms with Crippen LogP contribution < -0.4 is 10.1 Å². The molecule has 1 aliphatic heterocycles. The Labute approximate surface area is 138 Å². The molecule has 2 heterocycles. The molecule has 1 atom stereocenters. The normalized spacial score (nSPS) is 16.3. The predicted molar refractivity (Wildman–Crippen MR) is 89.6 cm³/mol. The van der Waals surface area contributed by atoms with Gasteiger partial charge in [-0.25, -0.2) is 0 Å². The van der Waals surface area contributed by atoms with Crippen LogP contribution in [0.3, 0.4) is 0 Å². The van der Waals surface area contributed by atoms with Gasteiger partial charge in [0.05, 0.1) is 18.7 Å². The lowest BCUT2D eigenvalue weighted by molar-refractivity contribution is -0.136. The van der Waals surface area contributed by atoms with Gasteiger partial charge in [0.1, 0.15) is 5.75 Å². The van der Waals surface area contributed by atoms with Crippen LogP contribution in [-0.4, -0.2) is 29.9 Å². The first-order valence-corrected chi connectivity index (χ1v) is 8.26. The second-order valence-electron chi connectivity index (χ2n) is 5.57. The minimum absolute atomic E-state index is 0.0289. The highest BCUT2D eigenvalue weighted by Gasteiger charge is 2.30. The number of carbonyl (C=O) groups is 2. The molecular formula is C17H18N2O3S. The molecule has 0 unspecified atom stereocenters. The maximum Gasteiger partial charge on any atom is 0.266 e. The van der Waals surface area contributed by atoms with Crippen LogP contribution in [0, 0.1) is 6.92 Å². The molecule has 0 bridgehead atoms. The zero-order valence-electron chi connectivity index (χ0n) is 13.0. The van der Waals surface area contributed by atoms with Gasteiger partial charge < -0.3 is 15.0 Å². The number of amides is 2. The maximum atomic E-state index is 12.4. The highest BCUT2D eigenvalue weighted by Crippen LogP contribution is 2.29. The van der Waals surface area contributed by atoms with Gasteiger partial charge in [-0.2, -0.15) is 0 Å². The highest BCUT2D eigenvalue weighted by atomic mass is 32.1. The molecule has 3 rings (SSSR count). The van der Waals surface area contributed by atoms with E-state index >= 15 is 0 Å². The van der Waals surface area contributed by atoms with E-state index < -0.39 is 6.10 Å². The molecule has 1 aromatic heterocycles. The molecule has 2 aromatic rings. The number of carbonyl (C=O) groups excluding carboxylic acids is 2. The van der Waals surface area contributed by atoms with Crippen LogP contribution in [0.5, 0.6) is 5.75 Å². The van der Waals surface area contributed by atoms with Gasteiger partial charge in [0.25, 0.3) is 5.91 Å². The lowest BCUT2D eigenvalue weighted by Gasteiger charge is -2.27. The number of ether oxygens (including phenoxy) is 1. The second kappa shape index (κ2) is 6.42. The number of thiophene rings is 1. The van der Waals surface area contributed by atoms with Crippen LogP contribution in [0.15, 0.2) is 35.7 Å². The van der Waals surface area contributed by atoms with E-state index in [2.05, 4.69) is 5.32 Å². The molecule has 0 radical (unpaired) electrons. The van der Waals surface area contributed by atoms with E-state index in [0.29, 0.717) is 18.0 Å². The Kier molecular flexibility index (Phi) is 4.34. The first kappa shape index (κ1) is 15.6. The van der Waals surface area contributed by atoms with Crippen LogP contribution in [-0.2, 0) is 16.1 Å². The lowest BCUT2D eigenvalue weighted by Crippen LogP contribution is -2.41. The van der Waals surface area contributed by atoms with Crippen molar-refractivity contribution in [1.29, 1.82) is 0 Å². The van der Waals surface area contributed by atoms with E-state index in [-0.39, 0.29) is 18.2 Å². The van der Waals surface area contributed by atoms with Crippen molar-refractivity contribution in [2.24, 2.45) is 0 Å². The number of para-hydroxylation sites is 2. The minimum atomic E-state index is -0.788. The number of anilines is 1. The Morgan fingerprint density at radius 3 is 2.87 bits per heavy atom. The number of hydrogen-bond donors (Lipinski definition) is 1. The number of rotatable bonds is 4. The number of nitrogens with zero attached hydrogens (tertiary/aromatic N) is 1. The highest BCUT2D eigenvalue weighted by molar-refractivity contribution is 7.10. The SMILES string of the molecule is Cc1ccsc1CN(C)C(=O)C[C@@H]1Oc2ccccc2NC1=O. The summed E-state index contributed by atoms with van der Waals surface area (Å²) in [5.74, 6) is 0.205. The Balaban J connectivity index is 1.64. The molecule has 2 amide bonds. The van der Waals surface area contributed by atoms with Crippen LogP contribution in [0.25, 0.3) is 0 Å². The van der Waals surface area contributed by atoms with E-state index in [0.717, 1.165) is 4.88 Å². The predicted octanol–water partition coefficient (Wildman–Crippen LogP) is 2.80. The van der Waals surface area contributed by atoms with Gasteiger partial charge in [0.15, 0.2) is 6.10 Å². The molecule has 0 saturated heterocycles. The molecule has 120 valence electrons. The lowest BCUT2D eigenvalue weighted by atomic mass is 10.1. The molecule has 0 saturated carbocycles. The zero-order valence-corrected chi connectivity index (χ0v) is 13.9. The Morgan fingerprint density at radius 1 is 1.35 bits per heavy atom. The zero-order chi connectivity index (χ0) is 16.4. The van der Waals surface area contributed by atoms with Gasteiger partial charge in [-0.1, -0.05) is 12.1 Å². The van der Waals surface area contributed by atoms with E-state index in [1.54, 1.807) is 35.4 Å². The van der Waals surface area contributed by atoms with Gasteiger partial charge in [0.2, 0.25) is 5.91 Å². The average Bonchev–Trinajstić information content (AvgIpc) is 2.93.